The highest BCUT2D eigenvalue weighted by molar-refractivity contribution is 8.14. The van der Waals surface area contributed by atoms with Crippen molar-refractivity contribution in [1.29, 1.82) is 0 Å². The Morgan fingerprint density at radius 2 is 1.94 bits per heavy atom. The maximum absolute atomic E-state index is 11.0. The summed E-state index contributed by atoms with van der Waals surface area (Å²) >= 11 is 0.705. The fourth-order valence-corrected chi connectivity index (χ4v) is 4.47. The molecular weight excluding hydrogens is 456 g/mol. The van der Waals surface area contributed by atoms with E-state index >= 15 is 0 Å². The van der Waals surface area contributed by atoms with Gasteiger partial charge in [-0.25, -0.2) is 4.28 Å². The number of aromatic nitrogens is 1. The SMILES string of the molecule is COn1cc(CC(=NOS(=O)(=O)O)S[C@@H]2O[C@H](CO)[C@@H](O)[C@H](O)[C@H]2O)c2ccccc21. The highest BCUT2D eigenvalue weighted by Gasteiger charge is 2.44. The summed E-state index contributed by atoms with van der Waals surface area (Å²) in [5.74, 6) is 0. The van der Waals surface area contributed by atoms with Crippen LogP contribution in [0.1, 0.15) is 5.56 Å². The van der Waals surface area contributed by atoms with Gasteiger partial charge in [0.15, 0.2) is 0 Å². The topological polar surface area (TPSA) is 180 Å². The first kappa shape index (κ1) is 23.7. The number of thioether (sulfide) groups is 1. The van der Waals surface area contributed by atoms with E-state index < -0.39 is 46.9 Å². The molecule has 14 heteroatoms. The Hall–Kier alpha value is -1.91. The molecule has 12 nitrogen and oxygen atoms in total. The molecular formula is C17H22N2O10S2. The summed E-state index contributed by atoms with van der Waals surface area (Å²) in [6.07, 6.45) is -4.30. The predicted molar refractivity (Wildman–Crippen MR) is 110 cm³/mol. The Morgan fingerprint density at radius 3 is 2.58 bits per heavy atom. The van der Waals surface area contributed by atoms with Crippen LogP contribution in [0.3, 0.4) is 0 Å². The number of rotatable bonds is 7. The molecule has 0 radical (unpaired) electrons. The van der Waals surface area contributed by atoms with Gasteiger partial charge in [0, 0.05) is 18.0 Å². The maximum Gasteiger partial charge on any atom is 0.466 e. The van der Waals surface area contributed by atoms with Crippen molar-refractivity contribution in [2.45, 2.75) is 36.3 Å². The van der Waals surface area contributed by atoms with Crippen LogP contribution >= 0.6 is 11.8 Å². The molecule has 1 aromatic carbocycles. The smallest absolute Gasteiger partial charge is 0.417 e. The average molecular weight is 479 g/mol. The number of oxime groups is 1. The van der Waals surface area contributed by atoms with E-state index in [0.29, 0.717) is 17.3 Å². The zero-order valence-electron chi connectivity index (χ0n) is 16.2. The third-order valence-electron chi connectivity index (χ3n) is 4.63. The molecule has 1 aliphatic heterocycles. The largest absolute Gasteiger partial charge is 0.466 e. The van der Waals surface area contributed by atoms with Gasteiger partial charge in [-0.1, -0.05) is 35.1 Å². The summed E-state index contributed by atoms with van der Waals surface area (Å²) in [6.45, 7) is -0.628. The van der Waals surface area contributed by atoms with Gasteiger partial charge in [0.2, 0.25) is 0 Å². The normalized spacial score (nSPS) is 27.4. The second kappa shape index (κ2) is 9.70. The Balaban J connectivity index is 1.91. The van der Waals surface area contributed by atoms with E-state index in [1.54, 1.807) is 30.5 Å². The van der Waals surface area contributed by atoms with Gasteiger partial charge in [0.1, 0.15) is 42.0 Å². The molecule has 0 unspecified atom stereocenters. The lowest BCUT2D eigenvalue weighted by atomic mass is 10.0. The number of nitrogens with zero attached hydrogens (tertiary/aromatic N) is 2. The molecule has 1 aromatic heterocycles. The Bertz CT molecular complexity index is 1040. The van der Waals surface area contributed by atoms with Crippen molar-refractivity contribution in [3.63, 3.8) is 0 Å². The minimum atomic E-state index is -4.91. The Morgan fingerprint density at radius 1 is 1.23 bits per heavy atom. The second-order valence-corrected chi connectivity index (χ2v) is 8.84. The number of para-hydroxylation sites is 1. The summed E-state index contributed by atoms with van der Waals surface area (Å²) in [4.78, 5) is 5.27. The van der Waals surface area contributed by atoms with Crippen molar-refractivity contribution in [3.05, 3.63) is 36.0 Å². The van der Waals surface area contributed by atoms with Crippen LogP contribution in [-0.4, -0.2) is 86.7 Å². The van der Waals surface area contributed by atoms with Gasteiger partial charge in [-0.3, -0.25) is 4.55 Å². The number of hydrogen-bond acceptors (Lipinski definition) is 11. The third kappa shape index (κ3) is 5.48. The summed E-state index contributed by atoms with van der Waals surface area (Å²) < 4.78 is 42.0. The lowest BCUT2D eigenvalue weighted by Crippen LogP contribution is -2.57. The number of fused-ring (bicyclic) bond motifs is 1. The quantitative estimate of drug-likeness (QED) is 0.141. The van der Waals surface area contributed by atoms with Crippen molar-refractivity contribution >= 4 is 38.1 Å². The lowest BCUT2D eigenvalue weighted by molar-refractivity contribution is -0.205. The van der Waals surface area contributed by atoms with Crippen molar-refractivity contribution < 1.29 is 47.3 Å². The Labute approximate surface area is 181 Å². The molecule has 1 aliphatic rings. The molecule has 2 heterocycles. The maximum atomic E-state index is 11.0. The molecule has 1 fully saturated rings. The average Bonchev–Trinajstić information content (AvgIpc) is 3.09. The number of aliphatic hydroxyl groups excluding tert-OH is 4. The van der Waals surface area contributed by atoms with E-state index in [-0.39, 0.29) is 11.5 Å². The van der Waals surface area contributed by atoms with E-state index in [9.17, 15) is 28.8 Å². The molecule has 31 heavy (non-hydrogen) atoms. The van der Waals surface area contributed by atoms with E-state index in [4.69, 9.17) is 14.1 Å². The molecule has 2 aromatic rings. The highest BCUT2D eigenvalue weighted by atomic mass is 32.3. The molecule has 1 saturated heterocycles. The Kier molecular flexibility index (Phi) is 7.43. The molecule has 172 valence electrons. The highest BCUT2D eigenvalue weighted by Crippen LogP contribution is 2.31. The van der Waals surface area contributed by atoms with E-state index in [0.717, 1.165) is 10.9 Å². The van der Waals surface area contributed by atoms with Crippen LogP contribution < -0.4 is 4.84 Å². The fourth-order valence-electron chi connectivity index (χ4n) is 3.16. The predicted octanol–water partition coefficient (Wildman–Crippen LogP) is -1.09. The molecule has 0 amide bonds. The van der Waals surface area contributed by atoms with Crippen molar-refractivity contribution in [3.8, 4) is 0 Å². The number of aliphatic hydroxyl groups is 4. The minimum Gasteiger partial charge on any atom is -0.417 e. The fraction of sp³-hybridized carbons (Fsp3) is 0.471. The van der Waals surface area contributed by atoms with Crippen LogP contribution in [0.25, 0.3) is 10.9 Å². The number of ether oxygens (including phenoxy) is 1. The first-order chi connectivity index (χ1) is 14.6. The summed E-state index contributed by atoms with van der Waals surface area (Å²) in [6, 6.07) is 7.21. The number of hydrogen-bond donors (Lipinski definition) is 5. The van der Waals surface area contributed by atoms with E-state index in [1.165, 1.54) is 11.8 Å². The van der Waals surface area contributed by atoms with Gasteiger partial charge in [0.05, 0.1) is 12.1 Å². The zero-order chi connectivity index (χ0) is 22.8. The van der Waals surface area contributed by atoms with Crippen LogP contribution in [0.15, 0.2) is 35.6 Å². The molecule has 3 rings (SSSR count). The first-order valence-electron chi connectivity index (χ1n) is 8.98. The van der Waals surface area contributed by atoms with Crippen LogP contribution in [0, 0.1) is 0 Å². The minimum absolute atomic E-state index is 0.0217. The molecule has 5 N–H and O–H groups in total. The standard InChI is InChI=1S/C17H22N2O10S2/c1-27-19-7-9(10-4-2-3-5-11(10)19)6-13(18-29-31(24,25)26)30-17-16(23)15(22)14(21)12(8-20)28-17/h2-5,7,12,14-17,20-23H,6,8H2,1H3,(H,24,25,26)/t12-,14-,15+,16-,17+/m1/s1. The van der Waals surface area contributed by atoms with E-state index in [2.05, 4.69) is 9.44 Å². The monoisotopic (exact) mass is 478 g/mol. The van der Waals surface area contributed by atoms with Crippen molar-refractivity contribution in [2.24, 2.45) is 5.16 Å². The van der Waals surface area contributed by atoms with Gasteiger partial charge in [0.25, 0.3) is 0 Å². The van der Waals surface area contributed by atoms with Crippen LogP contribution in [0.5, 0.6) is 0 Å². The molecule has 0 bridgehead atoms. The molecule has 5 atom stereocenters. The van der Waals surface area contributed by atoms with Crippen LogP contribution in [-0.2, 0) is 25.8 Å². The third-order valence-corrected chi connectivity index (χ3v) is 6.01. The molecule has 0 spiro atoms. The van der Waals surface area contributed by atoms with Gasteiger partial charge in [-0.15, -0.1) is 0 Å². The van der Waals surface area contributed by atoms with Gasteiger partial charge in [-0.05, 0) is 11.6 Å². The summed E-state index contributed by atoms with van der Waals surface area (Å²) in [5, 5.41) is 43.7. The summed E-state index contributed by atoms with van der Waals surface area (Å²) in [5.41, 5.74) is 0.148. The lowest BCUT2D eigenvalue weighted by Gasteiger charge is -2.39. The second-order valence-electron chi connectivity index (χ2n) is 6.66. The van der Waals surface area contributed by atoms with Crippen LogP contribution in [0.4, 0.5) is 0 Å². The van der Waals surface area contributed by atoms with Gasteiger partial charge in [-0.2, -0.15) is 13.1 Å². The van der Waals surface area contributed by atoms with Crippen LogP contribution in [0.2, 0.25) is 0 Å². The van der Waals surface area contributed by atoms with E-state index in [1.807, 2.05) is 0 Å². The first-order valence-corrected chi connectivity index (χ1v) is 11.2. The summed E-state index contributed by atoms with van der Waals surface area (Å²) in [7, 11) is -3.44. The molecule has 0 aliphatic carbocycles. The van der Waals surface area contributed by atoms with Crippen molar-refractivity contribution in [2.75, 3.05) is 13.7 Å². The number of benzene rings is 1. The van der Waals surface area contributed by atoms with Gasteiger partial charge >= 0.3 is 10.4 Å². The van der Waals surface area contributed by atoms with Crippen molar-refractivity contribution in [1.82, 2.24) is 4.73 Å². The zero-order valence-corrected chi connectivity index (χ0v) is 17.8. The van der Waals surface area contributed by atoms with Gasteiger partial charge < -0.3 is 30.0 Å². The molecule has 0 saturated carbocycles.